The fourth-order valence-corrected chi connectivity index (χ4v) is 3.57. The highest BCUT2D eigenvalue weighted by molar-refractivity contribution is 7.18. The van der Waals surface area contributed by atoms with Crippen LogP contribution in [0.1, 0.15) is 35.5 Å². The van der Waals surface area contributed by atoms with Crippen LogP contribution in [0.25, 0.3) is 11.3 Å². The summed E-state index contributed by atoms with van der Waals surface area (Å²) in [5.74, 6) is -0.298. The van der Waals surface area contributed by atoms with Crippen LogP contribution in [-0.2, 0) is 9.53 Å². The molecule has 1 aromatic heterocycles. The number of carbonyl (C=O) groups excluding carboxylic acids is 2. The minimum Gasteiger partial charge on any atom is -0.378 e. The minimum absolute atomic E-state index is 0.0763. The van der Waals surface area contributed by atoms with Crippen LogP contribution in [0.4, 0.5) is 5.13 Å². The van der Waals surface area contributed by atoms with Gasteiger partial charge in [0.25, 0.3) is 0 Å². The first kappa shape index (κ1) is 19.9. The third-order valence-corrected chi connectivity index (χ3v) is 4.91. The fraction of sp³-hybridized carbons (Fsp3) is 0.227. The highest BCUT2D eigenvalue weighted by Gasteiger charge is 2.21. The molecule has 6 heteroatoms. The number of amides is 1. The summed E-state index contributed by atoms with van der Waals surface area (Å²) in [6, 6.07) is 18.6. The average molecular weight is 394 g/mol. The Morgan fingerprint density at radius 1 is 1.04 bits per heavy atom. The van der Waals surface area contributed by atoms with Crippen LogP contribution >= 0.6 is 11.3 Å². The third kappa shape index (κ3) is 5.12. The van der Waals surface area contributed by atoms with Crippen molar-refractivity contribution in [3.63, 3.8) is 0 Å². The van der Waals surface area contributed by atoms with Crippen molar-refractivity contribution in [3.8, 4) is 11.3 Å². The molecule has 5 nitrogen and oxygen atoms in total. The second-order valence-corrected chi connectivity index (χ2v) is 7.47. The van der Waals surface area contributed by atoms with Crippen molar-refractivity contribution in [3.05, 3.63) is 71.1 Å². The van der Waals surface area contributed by atoms with Crippen molar-refractivity contribution >= 4 is 28.2 Å². The topological polar surface area (TPSA) is 68.3 Å². The molecule has 0 spiro atoms. The van der Waals surface area contributed by atoms with Gasteiger partial charge in [-0.25, -0.2) is 4.98 Å². The Bertz CT molecular complexity index is 937. The number of aromatic nitrogens is 1. The molecule has 28 heavy (non-hydrogen) atoms. The number of hydrogen-bond acceptors (Lipinski definition) is 5. The van der Waals surface area contributed by atoms with Gasteiger partial charge >= 0.3 is 0 Å². The van der Waals surface area contributed by atoms with Gasteiger partial charge in [0.15, 0.2) is 5.13 Å². The quantitative estimate of drug-likeness (QED) is 0.558. The number of anilines is 1. The Morgan fingerprint density at radius 3 is 2.32 bits per heavy atom. The first-order valence-electron chi connectivity index (χ1n) is 9.12. The Morgan fingerprint density at radius 2 is 1.68 bits per heavy atom. The molecule has 0 fully saturated rings. The van der Waals surface area contributed by atoms with Crippen LogP contribution < -0.4 is 5.32 Å². The molecular weight excluding hydrogens is 372 g/mol. The number of ether oxygens (including phenoxy) is 1. The smallest absolute Gasteiger partial charge is 0.228 e. The van der Waals surface area contributed by atoms with E-state index in [1.807, 2.05) is 62.4 Å². The van der Waals surface area contributed by atoms with Gasteiger partial charge in [0, 0.05) is 11.1 Å². The molecule has 1 amide bonds. The number of nitrogens with one attached hydrogen (secondary N) is 1. The maximum Gasteiger partial charge on any atom is 0.228 e. The number of hydrogen-bond donors (Lipinski definition) is 1. The van der Waals surface area contributed by atoms with Crippen LogP contribution in [0.5, 0.6) is 0 Å². The summed E-state index contributed by atoms with van der Waals surface area (Å²) in [5, 5.41) is 3.20. The maximum absolute atomic E-state index is 13.0. The van der Waals surface area contributed by atoms with Crippen molar-refractivity contribution in [1.29, 1.82) is 0 Å². The van der Waals surface area contributed by atoms with E-state index in [9.17, 15) is 9.59 Å². The van der Waals surface area contributed by atoms with E-state index < -0.39 is 0 Å². The Labute approximate surface area is 168 Å². The highest BCUT2D eigenvalue weighted by atomic mass is 32.1. The van der Waals surface area contributed by atoms with Gasteiger partial charge in [-0.1, -0.05) is 72.0 Å². The van der Waals surface area contributed by atoms with Crippen molar-refractivity contribution in [2.45, 2.75) is 26.4 Å². The number of rotatable bonds is 8. The molecule has 1 heterocycles. The molecule has 0 unspecified atom stereocenters. The molecule has 0 aliphatic rings. The molecule has 0 saturated carbocycles. The van der Waals surface area contributed by atoms with E-state index in [-0.39, 0.29) is 24.2 Å². The lowest BCUT2D eigenvalue weighted by atomic mass is 10.1. The lowest BCUT2D eigenvalue weighted by Crippen LogP contribution is -2.15. The molecule has 2 aromatic carbocycles. The van der Waals surface area contributed by atoms with E-state index in [4.69, 9.17) is 4.74 Å². The molecule has 3 rings (SSSR count). The first-order chi connectivity index (χ1) is 13.5. The highest BCUT2D eigenvalue weighted by Crippen LogP contribution is 2.33. The zero-order valence-electron chi connectivity index (χ0n) is 15.8. The lowest BCUT2D eigenvalue weighted by molar-refractivity contribution is -0.117. The van der Waals surface area contributed by atoms with E-state index in [1.165, 1.54) is 11.3 Å². The van der Waals surface area contributed by atoms with Crippen LogP contribution in [0.2, 0.25) is 0 Å². The summed E-state index contributed by atoms with van der Waals surface area (Å²) in [7, 11) is 0. The zero-order valence-corrected chi connectivity index (χ0v) is 16.7. The number of ketones is 1. The molecule has 0 bridgehead atoms. The van der Waals surface area contributed by atoms with Gasteiger partial charge in [0.2, 0.25) is 11.7 Å². The Kier molecular flexibility index (Phi) is 6.68. The van der Waals surface area contributed by atoms with E-state index in [0.717, 1.165) is 5.56 Å². The van der Waals surface area contributed by atoms with Gasteiger partial charge in [0.05, 0.1) is 24.8 Å². The molecule has 0 radical (unpaired) electrons. The summed E-state index contributed by atoms with van der Waals surface area (Å²) in [4.78, 5) is 30.2. The molecule has 0 atom stereocenters. The van der Waals surface area contributed by atoms with Crippen LogP contribution in [0, 0.1) is 0 Å². The van der Waals surface area contributed by atoms with E-state index in [1.54, 1.807) is 12.1 Å². The van der Waals surface area contributed by atoms with Crippen LogP contribution in [0.3, 0.4) is 0 Å². The summed E-state index contributed by atoms with van der Waals surface area (Å²) >= 11 is 1.19. The predicted molar refractivity (Wildman–Crippen MR) is 112 cm³/mol. The molecule has 3 aromatic rings. The monoisotopic (exact) mass is 394 g/mol. The van der Waals surface area contributed by atoms with Gasteiger partial charge in [-0.15, -0.1) is 0 Å². The molecular formula is C22H22N2O3S. The van der Waals surface area contributed by atoms with Crippen LogP contribution in [0.15, 0.2) is 60.7 Å². The van der Waals surface area contributed by atoms with Gasteiger partial charge in [-0.2, -0.15) is 0 Å². The van der Waals surface area contributed by atoms with Gasteiger partial charge in [0.1, 0.15) is 4.88 Å². The average Bonchev–Trinajstić information content (AvgIpc) is 3.12. The molecule has 1 N–H and O–H groups in total. The molecule has 0 aliphatic carbocycles. The van der Waals surface area contributed by atoms with Gasteiger partial charge in [-0.05, 0) is 13.8 Å². The number of thiazole rings is 1. The number of carbonyl (C=O) groups is 2. The Hall–Kier alpha value is -2.83. The van der Waals surface area contributed by atoms with Gasteiger partial charge in [-0.3, -0.25) is 9.59 Å². The minimum atomic E-state index is -0.187. The summed E-state index contributed by atoms with van der Waals surface area (Å²) in [6.07, 6.45) is 0.313. The van der Waals surface area contributed by atoms with Crippen molar-refractivity contribution in [2.24, 2.45) is 0 Å². The predicted octanol–water partition coefficient (Wildman–Crippen LogP) is 4.79. The van der Waals surface area contributed by atoms with E-state index >= 15 is 0 Å². The molecule has 0 saturated heterocycles. The van der Waals surface area contributed by atoms with Gasteiger partial charge < -0.3 is 10.1 Å². The molecule has 0 aliphatic heterocycles. The first-order valence-corrected chi connectivity index (χ1v) is 9.93. The van der Waals surface area contributed by atoms with Crippen molar-refractivity contribution in [1.82, 2.24) is 4.98 Å². The van der Waals surface area contributed by atoms with Crippen molar-refractivity contribution < 1.29 is 14.3 Å². The summed E-state index contributed by atoms with van der Waals surface area (Å²) < 4.78 is 5.41. The second-order valence-electron chi connectivity index (χ2n) is 6.48. The normalized spacial score (nSPS) is 10.8. The van der Waals surface area contributed by atoms with Crippen LogP contribution in [-0.4, -0.2) is 29.4 Å². The SMILES string of the molecule is CC(C)OCCC(=O)Nc1nc(-c2ccccc2)c(C(=O)c2ccccc2)s1. The summed E-state index contributed by atoms with van der Waals surface area (Å²) in [5.41, 5.74) is 2.00. The van der Waals surface area contributed by atoms with Crippen molar-refractivity contribution in [2.75, 3.05) is 11.9 Å². The zero-order chi connectivity index (χ0) is 19.9. The van der Waals surface area contributed by atoms with E-state index in [0.29, 0.717) is 27.9 Å². The fourth-order valence-electron chi connectivity index (χ4n) is 2.61. The lowest BCUT2D eigenvalue weighted by Gasteiger charge is -2.06. The maximum atomic E-state index is 13.0. The number of nitrogens with zero attached hydrogens (tertiary/aromatic N) is 1. The molecule has 144 valence electrons. The second kappa shape index (κ2) is 9.39. The standard InChI is InChI=1S/C22H22N2O3S/c1-15(2)27-14-13-18(25)23-22-24-19(16-9-5-3-6-10-16)21(28-22)20(26)17-11-7-4-8-12-17/h3-12,15H,13-14H2,1-2H3,(H,23,24,25). The number of benzene rings is 2. The van der Waals surface area contributed by atoms with E-state index in [2.05, 4.69) is 10.3 Å². The largest absolute Gasteiger partial charge is 0.378 e. The summed E-state index contributed by atoms with van der Waals surface area (Å²) in [6.45, 7) is 4.19. The Balaban J connectivity index is 1.86. The third-order valence-electron chi connectivity index (χ3n) is 3.94.